The van der Waals surface area contributed by atoms with E-state index in [-0.39, 0.29) is 5.82 Å². The van der Waals surface area contributed by atoms with Crippen molar-refractivity contribution in [3.63, 3.8) is 0 Å². The van der Waals surface area contributed by atoms with Crippen LogP contribution in [-0.2, 0) is 0 Å². The zero-order valence-corrected chi connectivity index (χ0v) is 8.72. The summed E-state index contributed by atoms with van der Waals surface area (Å²) in [6.45, 7) is 1.02. The van der Waals surface area contributed by atoms with E-state index < -0.39 is 12.2 Å². The van der Waals surface area contributed by atoms with Gasteiger partial charge in [0.05, 0.1) is 12.4 Å². The minimum atomic E-state index is -4.28. The number of nitrogens with zero attached hydrogens (tertiary/aromatic N) is 2. The van der Waals surface area contributed by atoms with Crippen molar-refractivity contribution in [1.29, 1.82) is 0 Å². The second kappa shape index (κ2) is 4.12. The van der Waals surface area contributed by atoms with Gasteiger partial charge in [0.1, 0.15) is 16.5 Å². The molecule has 0 aliphatic rings. The summed E-state index contributed by atoms with van der Waals surface area (Å²) in [5.41, 5.74) is 0. The third kappa shape index (κ3) is 3.13. The number of alkyl halides is 3. The van der Waals surface area contributed by atoms with Crippen LogP contribution in [0.2, 0.25) is 0 Å². The predicted molar refractivity (Wildman–Crippen MR) is 48.9 cm³/mol. The van der Waals surface area contributed by atoms with Gasteiger partial charge in [-0.3, -0.25) is 0 Å². The van der Waals surface area contributed by atoms with E-state index in [4.69, 9.17) is 0 Å². The summed E-state index contributed by atoms with van der Waals surface area (Å²) in [5, 5.41) is 2.19. The van der Waals surface area contributed by atoms with E-state index in [2.05, 4.69) is 31.2 Å². The first-order valence-corrected chi connectivity index (χ1v) is 4.49. The maximum Gasteiger partial charge on any atom is 0.408 e. The van der Waals surface area contributed by atoms with Crippen LogP contribution in [0.25, 0.3) is 0 Å². The summed E-state index contributed by atoms with van der Waals surface area (Å²) in [6, 6.07) is -1.64. The van der Waals surface area contributed by atoms with Crippen molar-refractivity contribution in [1.82, 2.24) is 9.97 Å². The van der Waals surface area contributed by atoms with E-state index in [1.165, 1.54) is 12.4 Å². The Morgan fingerprint density at radius 3 is 2.43 bits per heavy atom. The largest absolute Gasteiger partial charge is 0.408 e. The maximum atomic E-state index is 12.1. The molecule has 0 radical (unpaired) electrons. The van der Waals surface area contributed by atoms with Crippen molar-refractivity contribution >= 4 is 21.7 Å². The molecular weight excluding hydrogens is 263 g/mol. The molecule has 1 rings (SSSR count). The van der Waals surface area contributed by atoms with Crippen LogP contribution >= 0.6 is 15.9 Å². The van der Waals surface area contributed by atoms with Crippen molar-refractivity contribution in [2.75, 3.05) is 5.32 Å². The normalized spacial score (nSPS) is 13.8. The number of hydrogen-bond acceptors (Lipinski definition) is 3. The molecule has 14 heavy (non-hydrogen) atoms. The summed E-state index contributed by atoms with van der Waals surface area (Å²) < 4.78 is 36.8. The van der Waals surface area contributed by atoms with Crippen LogP contribution in [0, 0.1) is 0 Å². The second-order valence-electron chi connectivity index (χ2n) is 2.63. The average Bonchev–Trinajstić information content (AvgIpc) is 2.07. The molecule has 0 bridgehead atoms. The highest BCUT2D eigenvalue weighted by Gasteiger charge is 2.36. The molecule has 0 aliphatic heterocycles. The fraction of sp³-hybridized carbons (Fsp3) is 0.429. The quantitative estimate of drug-likeness (QED) is 0.897. The van der Waals surface area contributed by atoms with Gasteiger partial charge in [-0.15, -0.1) is 0 Å². The molecule has 1 N–H and O–H groups in total. The van der Waals surface area contributed by atoms with Crippen LogP contribution in [0.4, 0.5) is 19.0 Å². The Labute approximate surface area is 86.9 Å². The van der Waals surface area contributed by atoms with Gasteiger partial charge in [-0.05, 0) is 22.9 Å². The van der Waals surface area contributed by atoms with Gasteiger partial charge in [0, 0.05) is 0 Å². The van der Waals surface area contributed by atoms with Crippen LogP contribution in [-0.4, -0.2) is 22.2 Å². The van der Waals surface area contributed by atoms with Gasteiger partial charge < -0.3 is 5.32 Å². The molecule has 1 aromatic heterocycles. The molecule has 0 fully saturated rings. The average molecular weight is 270 g/mol. The SMILES string of the molecule is CC(Nc1cnc(Br)cn1)C(F)(F)F. The third-order valence-corrected chi connectivity index (χ3v) is 1.89. The highest BCUT2D eigenvalue weighted by Crippen LogP contribution is 2.22. The van der Waals surface area contributed by atoms with Crippen molar-refractivity contribution in [2.24, 2.45) is 0 Å². The highest BCUT2D eigenvalue weighted by atomic mass is 79.9. The lowest BCUT2D eigenvalue weighted by atomic mass is 10.3. The van der Waals surface area contributed by atoms with E-state index in [1.807, 2.05) is 0 Å². The van der Waals surface area contributed by atoms with Crippen LogP contribution in [0.3, 0.4) is 0 Å². The van der Waals surface area contributed by atoms with Crippen LogP contribution in [0.15, 0.2) is 17.0 Å². The predicted octanol–water partition coefficient (Wildman–Crippen LogP) is 2.60. The first kappa shape index (κ1) is 11.2. The van der Waals surface area contributed by atoms with Crippen molar-refractivity contribution in [3.8, 4) is 0 Å². The first-order chi connectivity index (χ1) is 6.39. The number of halogens is 4. The zero-order valence-electron chi connectivity index (χ0n) is 7.14. The second-order valence-corrected chi connectivity index (χ2v) is 3.44. The van der Waals surface area contributed by atoms with Crippen LogP contribution in [0.5, 0.6) is 0 Å². The topological polar surface area (TPSA) is 37.8 Å². The fourth-order valence-corrected chi connectivity index (χ4v) is 0.895. The zero-order chi connectivity index (χ0) is 10.8. The first-order valence-electron chi connectivity index (χ1n) is 3.70. The Bertz CT molecular complexity index is 298. The van der Waals surface area contributed by atoms with Gasteiger partial charge in [0.15, 0.2) is 0 Å². The molecule has 0 aliphatic carbocycles. The van der Waals surface area contributed by atoms with Crippen molar-refractivity contribution in [2.45, 2.75) is 19.1 Å². The van der Waals surface area contributed by atoms with E-state index in [9.17, 15) is 13.2 Å². The molecule has 7 heteroatoms. The van der Waals surface area contributed by atoms with E-state index in [0.717, 1.165) is 6.92 Å². The minimum Gasteiger partial charge on any atom is -0.358 e. The maximum absolute atomic E-state index is 12.1. The van der Waals surface area contributed by atoms with Gasteiger partial charge in [0.2, 0.25) is 0 Å². The van der Waals surface area contributed by atoms with Crippen LogP contribution in [0.1, 0.15) is 6.92 Å². The molecule has 1 heterocycles. The monoisotopic (exact) mass is 269 g/mol. The lowest BCUT2D eigenvalue weighted by molar-refractivity contribution is -0.138. The smallest absolute Gasteiger partial charge is 0.358 e. The molecule has 1 aromatic rings. The van der Waals surface area contributed by atoms with Gasteiger partial charge >= 0.3 is 6.18 Å². The Hall–Kier alpha value is -0.850. The standard InChI is InChI=1S/C7H7BrF3N3/c1-4(7(9,10)11)14-6-3-12-5(8)2-13-6/h2-4H,1H3,(H,13,14). The summed E-state index contributed by atoms with van der Waals surface area (Å²) >= 11 is 3.03. The summed E-state index contributed by atoms with van der Waals surface area (Å²) in [4.78, 5) is 7.45. The number of aromatic nitrogens is 2. The molecule has 0 saturated heterocycles. The molecule has 0 amide bonds. The van der Waals surface area contributed by atoms with Crippen LogP contribution < -0.4 is 5.32 Å². The van der Waals surface area contributed by atoms with Gasteiger partial charge in [-0.1, -0.05) is 0 Å². The highest BCUT2D eigenvalue weighted by molar-refractivity contribution is 9.10. The molecular formula is C7H7BrF3N3. The minimum absolute atomic E-state index is 0.0954. The molecule has 78 valence electrons. The third-order valence-electron chi connectivity index (χ3n) is 1.48. The van der Waals surface area contributed by atoms with Gasteiger partial charge in [-0.25, -0.2) is 9.97 Å². The molecule has 0 spiro atoms. The molecule has 1 unspecified atom stereocenters. The molecule has 0 saturated carbocycles. The lowest BCUT2D eigenvalue weighted by Gasteiger charge is -2.17. The van der Waals surface area contributed by atoms with E-state index in [1.54, 1.807) is 0 Å². The fourth-order valence-electron chi connectivity index (χ4n) is 0.690. The Morgan fingerprint density at radius 2 is 2.00 bits per heavy atom. The molecule has 3 nitrogen and oxygen atoms in total. The summed E-state index contributed by atoms with van der Waals surface area (Å²) in [6.07, 6.45) is -1.73. The Morgan fingerprint density at radius 1 is 1.36 bits per heavy atom. The van der Waals surface area contributed by atoms with Crippen molar-refractivity contribution < 1.29 is 13.2 Å². The van der Waals surface area contributed by atoms with Gasteiger partial charge in [-0.2, -0.15) is 13.2 Å². The molecule has 0 aromatic carbocycles. The Kier molecular flexibility index (Phi) is 3.30. The number of nitrogens with one attached hydrogen (secondary N) is 1. The lowest BCUT2D eigenvalue weighted by Crippen LogP contribution is -2.33. The van der Waals surface area contributed by atoms with E-state index in [0.29, 0.717) is 4.60 Å². The Balaban J connectivity index is 2.65. The summed E-state index contributed by atoms with van der Waals surface area (Å²) in [5.74, 6) is 0.0954. The number of rotatable bonds is 2. The van der Waals surface area contributed by atoms with E-state index >= 15 is 0 Å². The summed E-state index contributed by atoms with van der Waals surface area (Å²) in [7, 11) is 0. The number of anilines is 1. The number of hydrogen-bond donors (Lipinski definition) is 1. The van der Waals surface area contributed by atoms with Gasteiger partial charge in [0.25, 0.3) is 0 Å². The van der Waals surface area contributed by atoms with Crippen molar-refractivity contribution in [3.05, 3.63) is 17.0 Å². The molecule has 1 atom stereocenters.